The van der Waals surface area contributed by atoms with Gasteiger partial charge in [0.1, 0.15) is 0 Å². The summed E-state index contributed by atoms with van der Waals surface area (Å²) < 4.78 is 5.50. The highest BCUT2D eigenvalue weighted by Gasteiger charge is 2.11. The van der Waals surface area contributed by atoms with E-state index in [0.29, 0.717) is 20.8 Å². The molecule has 0 fully saturated rings. The van der Waals surface area contributed by atoms with Gasteiger partial charge in [0.2, 0.25) is 11.8 Å². The van der Waals surface area contributed by atoms with Gasteiger partial charge < -0.3 is 10.5 Å². The number of hydrogen-bond acceptors (Lipinski definition) is 4. The summed E-state index contributed by atoms with van der Waals surface area (Å²) in [5.41, 5.74) is 6.20. The largest absolute Gasteiger partial charge is 0.436 e. The first-order valence-corrected chi connectivity index (χ1v) is 6.02. The molecule has 0 bridgehead atoms. The summed E-state index contributed by atoms with van der Waals surface area (Å²) >= 11 is 17.8. The Balaban J connectivity index is 2.40. The summed E-state index contributed by atoms with van der Waals surface area (Å²) in [6, 6.07) is 4.68. The Kier molecular flexibility index (Phi) is 3.80. The van der Waals surface area contributed by atoms with Gasteiger partial charge >= 0.3 is 0 Å². The van der Waals surface area contributed by atoms with Crippen LogP contribution in [0.15, 0.2) is 18.2 Å². The van der Waals surface area contributed by atoms with Crippen LogP contribution in [0.1, 0.15) is 5.69 Å². The third kappa shape index (κ3) is 2.96. The van der Waals surface area contributed by atoms with Crippen LogP contribution < -0.4 is 10.5 Å². The molecular formula is C11H8Cl3N3O. The van der Waals surface area contributed by atoms with Crippen molar-refractivity contribution in [1.82, 2.24) is 9.97 Å². The van der Waals surface area contributed by atoms with Crippen LogP contribution in [0.3, 0.4) is 0 Å². The van der Waals surface area contributed by atoms with Crippen LogP contribution >= 0.6 is 34.8 Å². The highest BCUT2D eigenvalue weighted by molar-refractivity contribution is 6.40. The van der Waals surface area contributed by atoms with Crippen LogP contribution in [0.2, 0.25) is 15.1 Å². The van der Waals surface area contributed by atoms with E-state index in [1.165, 1.54) is 12.1 Å². The molecule has 0 saturated heterocycles. The van der Waals surface area contributed by atoms with Crippen molar-refractivity contribution < 1.29 is 4.74 Å². The standard InChI is InChI=1S/C11H8Cl3N3O/c1-5-2-9(17-11(15)16-5)18-10-7(13)3-6(12)4-8(10)14/h2-4H,1H3,(H2,15,16,17). The summed E-state index contributed by atoms with van der Waals surface area (Å²) in [4.78, 5) is 7.86. The number of anilines is 1. The highest BCUT2D eigenvalue weighted by atomic mass is 35.5. The van der Waals surface area contributed by atoms with Crippen molar-refractivity contribution in [2.75, 3.05) is 5.73 Å². The van der Waals surface area contributed by atoms with Crippen molar-refractivity contribution in [1.29, 1.82) is 0 Å². The minimum absolute atomic E-state index is 0.117. The van der Waals surface area contributed by atoms with E-state index in [1.54, 1.807) is 13.0 Å². The van der Waals surface area contributed by atoms with E-state index >= 15 is 0 Å². The lowest BCUT2D eigenvalue weighted by Gasteiger charge is -2.09. The van der Waals surface area contributed by atoms with Crippen LogP contribution in [0.25, 0.3) is 0 Å². The van der Waals surface area contributed by atoms with Gasteiger partial charge in [-0.2, -0.15) is 4.98 Å². The van der Waals surface area contributed by atoms with Crippen molar-refractivity contribution in [2.24, 2.45) is 0 Å². The number of halogens is 3. The summed E-state index contributed by atoms with van der Waals surface area (Å²) in [5, 5.41) is 1.01. The molecule has 7 heteroatoms. The first kappa shape index (κ1) is 13.2. The molecule has 0 aliphatic heterocycles. The maximum absolute atomic E-state index is 6.00. The van der Waals surface area contributed by atoms with Gasteiger partial charge in [0.05, 0.1) is 10.0 Å². The smallest absolute Gasteiger partial charge is 0.224 e. The van der Waals surface area contributed by atoms with Crippen LogP contribution in [0, 0.1) is 6.92 Å². The Hall–Kier alpha value is -1.23. The quantitative estimate of drug-likeness (QED) is 0.906. The van der Waals surface area contributed by atoms with Gasteiger partial charge in [-0.1, -0.05) is 34.8 Å². The molecule has 0 aliphatic carbocycles. The minimum Gasteiger partial charge on any atom is -0.436 e. The van der Waals surface area contributed by atoms with Crippen LogP contribution in [-0.4, -0.2) is 9.97 Å². The number of aromatic nitrogens is 2. The van der Waals surface area contributed by atoms with Crippen LogP contribution in [0.4, 0.5) is 5.95 Å². The summed E-state index contributed by atoms with van der Waals surface area (Å²) in [6.45, 7) is 1.77. The Morgan fingerprint density at radius 2 is 1.67 bits per heavy atom. The van der Waals surface area contributed by atoms with Crippen LogP contribution in [0.5, 0.6) is 11.6 Å². The molecule has 4 nitrogen and oxygen atoms in total. The lowest BCUT2D eigenvalue weighted by atomic mass is 10.3. The Labute approximate surface area is 119 Å². The molecule has 1 heterocycles. The number of rotatable bonds is 2. The van der Waals surface area contributed by atoms with Gasteiger partial charge in [0, 0.05) is 16.8 Å². The van der Waals surface area contributed by atoms with E-state index in [0.717, 1.165) is 0 Å². The fourth-order valence-corrected chi connectivity index (χ4v) is 2.24. The molecule has 0 radical (unpaired) electrons. The first-order valence-electron chi connectivity index (χ1n) is 4.89. The molecule has 94 valence electrons. The molecule has 0 atom stereocenters. The molecule has 0 spiro atoms. The number of hydrogen-bond donors (Lipinski definition) is 1. The van der Waals surface area contributed by atoms with Gasteiger partial charge in [-0.3, -0.25) is 0 Å². The lowest BCUT2D eigenvalue weighted by Crippen LogP contribution is -1.99. The van der Waals surface area contributed by atoms with Crippen LogP contribution in [-0.2, 0) is 0 Å². The normalized spacial score (nSPS) is 10.4. The average molecular weight is 305 g/mol. The van der Waals surface area contributed by atoms with Gasteiger partial charge in [0.15, 0.2) is 5.75 Å². The Morgan fingerprint density at radius 3 is 2.22 bits per heavy atom. The van der Waals surface area contributed by atoms with Gasteiger partial charge in [-0.05, 0) is 19.1 Å². The minimum atomic E-state index is 0.117. The monoisotopic (exact) mass is 303 g/mol. The van der Waals surface area contributed by atoms with E-state index in [2.05, 4.69) is 9.97 Å². The predicted octanol–water partition coefficient (Wildman–Crippen LogP) is 4.12. The molecule has 2 rings (SSSR count). The van der Waals surface area contributed by atoms with Crippen molar-refractivity contribution in [3.05, 3.63) is 39.0 Å². The fourth-order valence-electron chi connectivity index (χ4n) is 1.35. The number of nitrogen functional groups attached to an aromatic ring is 1. The predicted molar refractivity (Wildman–Crippen MR) is 72.7 cm³/mol. The maximum atomic E-state index is 6.00. The van der Waals surface area contributed by atoms with Crippen molar-refractivity contribution in [2.45, 2.75) is 6.92 Å². The highest BCUT2D eigenvalue weighted by Crippen LogP contribution is 2.38. The van der Waals surface area contributed by atoms with E-state index in [-0.39, 0.29) is 17.6 Å². The number of benzene rings is 1. The fraction of sp³-hybridized carbons (Fsp3) is 0.0909. The molecule has 2 N–H and O–H groups in total. The van der Waals surface area contributed by atoms with E-state index in [1.807, 2.05) is 0 Å². The molecule has 1 aromatic carbocycles. The summed E-state index contributed by atoms with van der Waals surface area (Å²) in [7, 11) is 0. The molecule has 18 heavy (non-hydrogen) atoms. The molecule has 0 saturated carbocycles. The number of ether oxygens (including phenoxy) is 1. The number of nitrogens with two attached hydrogens (primary N) is 1. The molecule has 0 amide bonds. The second-order valence-electron chi connectivity index (χ2n) is 3.51. The molecule has 1 aromatic heterocycles. The molecule has 0 aliphatic rings. The van der Waals surface area contributed by atoms with E-state index < -0.39 is 0 Å². The van der Waals surface area contributed by atoms with E-state index in [9.17, 15) is 0 Å². The molecule has 2 aromatic rings. The molecular weight excluding hydrogens is 296 g/mol. The third-order valence-corrected chi connectivity index (χ3v) is 2.80. The van der Waals surface area contributed by atoms with Crippen molar-refractivity contribution in [3.63, 3.8) is 0 Å². The maximum Gasteiger partial charge on any atom is 0.224 e. The first-order chi connectivity index (χ1) is 8.45. The second kappa shape index (κ2) is 5.18. The number of nitrogens with zero attached hydrogens (tertiary/aromatic N) is 2. The van der Waals surface area contributed by atoms with Crippen molar-refractivity contribution >= 4 is 40.8 Å². The molecule has 0 unspecified atom stereocenters. The number of aryl methyl sites for hydroxylation is 1. The van der Waals surface area contributed by atoms with Crippen molar-refractivity contribution in [3.8, 4) is 11.6 Å². The average Bonchev–Trinajstić information content (AvgIpc) is 2.22. The summed E-state index contributed by atoms with van der Waals surface area (Å²) in [5.74, 6) is 0.664. The SMILES string of the molecule is Cc1cc(Oc2c(Cl)cc(Cl)cc2Cl)nc(N)n1. The Morgan fingerprint density at radius 1 is 1.06 bits per heavy atom. The zero-order valence-electron chi connectivity index (χ0n) is 9.25. The van der Waals surface area contributed by atoms with Gasteiger partial charge in [-0.15, -0.1) is 0 Å². The zero-order chi connectivity index (χ0) is 13.3. The second-order valence-corrected chi connectivity index (χ2v) is 4.76. The van der Waals surface area contributed by atoms with Gasteiger partial charge in [-0.25, -0.2) is 4.98 Å². The summed E-state index contributed by atoms with van der Waals surface area (Å²) in [6.07, 6.45) is 0. The topological polar surface area (TPSA) is 61.0 Å². The van der Waals surface area contributed by atoms with Gasteiger partial charge in [0.25, 0.3) is 0 Å². The lowest BCUT2D eigenvalue weighted by molar-refractivity contribution is 0.462. The zero-order valence-corrected chi connectivity index (χ0v) is 11.5. The van der Waals surface area contributed by atoms with E-state index in [4.69, 9.17) is 45.3 Å². The third-order valence-electron chi connectivity index (χ3n) is 2.02. The Bertz CT molecular complexity index is 561.